The Kier molecular flexibility index (Phi) is 3.53. The van der Waals surface area contributed by atoms with E-state index in [0.717, 1.165) is 6.54 Å². The van der Waals surface area contributed by atoms with Crippen LogP contribution >= 0.6 is 0 Å². The van der Waals surface area contributed by atoms with Crippen molar-refractivity contribution in [2.75, 3.05) is 25.5 Å². The molecule has 0 saturated heterocycles. The van der Waals surface area contributed by atoms with Crippen LogP contribution in [0.3, 0.4) is 0 Å². The maximum absolute atomic E-state index is 3.27. The summed E-state index contributed by atoms with van der Waals surface area (Å²) in [6, 6.07) is 7.22. The van der Waals surface area contributed by atoms with Crippen LogP contribution in [0.4, 0.5) is 5.69 Å². The number of benzene rings is 1. The standard InChI is InChI=1S/C15H22N2/c1-11(12(2)16-3)9-13-5-6-15-14(10-13)7-8-17(15)4/h5-6,9-10,12,16H,7-8H2,1-4H3/b11-9+. The molecule has 17 heavy (non-hydrogen) atoms. The van der Waals surface area contributed by atoms with Gasteiger partial charge in [-0.3, -0.25) is 0 Å². The number of nitrogens with one attached hydrogen (secondary N) is 1. The first kappa shape index (κ1) is 12.2. The summed E-state index contributed by atoms with van der Waals surface area (Å²) in [5.74, 6) is 0. The van der Waals surface area contributed by atoms with E-state index in [1.165, 1.54) is 28.8 Å². The molecule has 1 N–H and O–H groups in total. The molecule has 0 amide bonds. The number of likely N-dealkylation sites (N-methyl/N-ethyl adjacent to an activating group) is 2. The summed E-state index contributed by atoms with van der Waals surface area (Å²) in [4.78, 5) is 2.33. The van der Waals surface area contributed by atoms with E-state index in [9.17, 15) is 0 Å². The molecule has 1 aliphatic heterocycles. The largest absolute Gasteiger partial charge is 0.374 e. The lowest BCUT2D eigenvalue weighted by molar-refractivity contribution is 0.696. The quantitative estimate of drug-likeness (QED) is 0.859. The van der Waals surface area contributed by atoms with E-state index >= 15 is 0 Å². The lowest BCUT2D eigenvalue weighted by atomic mass is 10.0. The summed E-state index contributed by atoms with van der Waals surface area (Å²) in [6.45, 7) is 5.52. The highest BCUT2D eigenvalue weighted by molar-refractivity contribution is 5.64. The molecule has 0 spiro atoms. The predicted molar refractivity (Wildman–Crippen MR) is 75.6 cm³/mol. The zero-order chi connectivity index (χ0) is 12.4. The number of hydrogen-bond acceptors (Lipinski definition) is 2. The van der Waals surface area contributed by atoms with Crippen molar-refractivity contribution >= 4 is 11.8 Å². The van der Waals surface area contributed by atoms with Crippen molar-refractivity contribution in [3.05, 3.63) is 34.9 Å². The Hall–Kier alpha value is -1.28. The number of hydrogen-bond donors (Lipinski definition) is 1. The van der Waals surface area contributed by atoms with Crippen LogP contribution in [0.15, 0.2) is 23.8 Å². The summed E-state index contributed by atoms with van der Waals surface area (Å²) in [7, 11) is 4.16. The fourth-order valence-corrected chi connectivity index (χ4v) is 2.29. The van der Waals surface area contributed by atoms with Gasteiger partial charge in [0.2, 0.25) is 0 Å². The van der Waals surface area contributed by atoms with Crippen LogP contribution in [0.5, 0.6) is 0 Å². The molecule has 0 radical (unpaired) electrons. The summed E-state index contributed by atoms with van der Waals surface area (Å²) < 4.78 is 0. The minimum atomic E-state index is 0.436. The van der Waals surface area contributed by atoms with E-state index < -0.39 is 0 Å². The molecule has 0 aliphatic carbocycles. The second-order valence-corrected chi connectivity index (χ2v) is 4.96. The number of rotatable bonds is 3. The molecule has 2 heteroatoms. The summed E-state index contributed by atoms with van der Waals surface area (Å²) >= 11 is 0. The van der Waals surface area contributed by atoms with Crippen molar-refractivity contribution in [2.24, 2.45) is 0 Å². The van der Waals surface area contributed by atoms with E-state index in [1.807, 2.05) is 7.05 Å². The van der Waals surface area contributed by atoms with Crippen molar-refractivity contribution in [2.45, 2.75) is 26.3 Å². The highest BCUT2D eigenvalue weighted by Gasteiger charge is 2.15. The lowest BCUT2D eigenvalue weighted by Gasteiger charge is -2.13. The molecule has 1 aliphatic rings. The van der Waals surface area contributed by atoms with Crippen LogP contribution in [-0.4, -0.2) is 26.7 Å². The van der Waals surface area contributed by atoms with Crippen molar-refractivity contribution in [3.8, 4) is 0 Å². The molecule has 92 valence electrons. The first-order valence-corrected chi connectivity index (χ1v) is 6.31. The highest BCUT2D eigenvalue weighted by Crippen LogP contribution is 2.28. The Morgan fingerprint density at radius 1 is 1.47 bits per heavy atom. The molecule has 0 aromatic heterocycles. The fraction of sp³-hybridized carbons (Fsp3) is 0.467. The SMILES string of the molecule is CNC(C)/C(C)=C/c1ccc2c(c1)CCN2C. The molecule has 1 heterocycles. The van der Waals surface area contributed by atoms with Crippen molar-refractivity contribution in [1.82, 2.24) is 5.32 Å². The van der Waals surface area contributed by atoms with Gasteiger partial charge >= 0.3 is 0 Å². The Balaban J connectivity index is 2.24. The fourth-order valence-electron chi connectivity index (χ4n) is 2.29. The van der Waals surface area contributed by atoms with Crippen molar-refractivity contribution in [1.29, 1.82) is 0 Å². The third kappa shape index (κ3) is 2.52. The third-order valence-corrected chi connectivity index (χ3v) is 3.74. The molecule has 0 saturated carbocycles. The van der Waals surface area contributed by atoms with Gasteiger partial charge in [0.15, 0.2) is 0 Å². The second-order valence-electron chi connectivity index (χ2n) is 4.96. The minimum Gasteiger partial charge on any atom is -0.374 e. The Morgan fingerprint density at radius 3 is 2.94 bits per heavy atom. The van der Waals surface area contributed by atoms with E-state index in [0.29, 0.717) is 6.04 Å². The van der Waals surface area contributed by atoms with Gasteiger partial charge in [-0.05, 0) is 50.6 Å². The van der Waals surface area contributed by atoms with Gasteiger partial charge in [-0.1, -0.05) is 17.7 Å². The molecule has 2 rings (SSSR count). The van der Waals surface area contributed by atoms with Gasteiger partial charge in [0, 0.05) is 25.3 Å². The Morgan fingerprint density at radius 2 is 2.24 bits per heavy atom. The maximum atomic E-state index is 3.27. The van der Waals surface area contributed by atoms with Gasteiger partial charge in [-0.25, -0.2) is 0 Å². The van der Waals surface area contributed by atoms with E-state index in [-0.39, 0.29) is 0 Å². The van der Waals surface area contributed by atoms with Crippen LogP contribution in [-0.2, 0) is 6.42 Å². The van der Waals surface area contributed by atoms with Gasteiger partial charge in [0.25, 0.3) is 0 Å². The van der Waals surface area contributed by atoms with Gasteiger partial charge < -0.3 is 10.2 Å². The van der Waals surface area contributed by atoms with E-state index in [1.54, 1.807) is 0 Å². The molecular formula is C15H22N2. The average molecular weight is 230 g/mol. The lowest BCUT2D eigenvalue weighted by Crippen LogP contribution is -2.21. The maximum Gasteiger partial charge on any atom is 0.0397 e. The van der Waals surface area contributed by atoms with Crippen LogP contribution < -0.4 is 10.2 Å². The Bertz CT molecular complexity index is 435. The molecule has 1 unspecified atom stereocenters. The molecule has 1 atom stereocenters. The number of fused-ring (bicyclic) bond motifs is 1. The third-order valence-electron chi connectivity index (χ3n) is 3.74. The summed E-state index contributed by atoms with van der Waals surface area (Å²) in [5.41, 5.74) is 5.56. The Labute approximate surface area is 104 Å². The average Bonchev–Trinajstić information content (AvgIpc) is 2.69. The zero-order valence-corrected chi connectivity index (χ0v) is 11.2. The predicted octanol–water partition coefficient (Wildman–Crippen LogP) is 2.69. The second kappa shape index (κ2) is 4.92. The van der Waals surface area contributed by atoms with Gasteiger partial charge in [-0.2, -0.15) is 0 Å². The molecule has 1 aromatic carbocycles. The summed E-state index contributed by atoms with van der Waals surface area (Å²) in [6.07, 6.45) is 3.45. The minimum absolute atomic E-state index is 0.436. The molecule has 1 aromatic rings. The topological polar surface area (TPSA) is 15.3 Å². The first-order valence-electron chi connectivity index (χ1n) is 6.31. The van der Waals surface area contributed by atoms with E-state index in [4.69, 9.17) is 0 Å². The van der Waals surface area contributed by atoms with Crippen molar-refractivity contribution < 1.29 is 0 Å². The van der Waals surface area contributed by atoms with Crippen molar-refractivity contribution in [3.63, 3.8) is 0 Å². The monoisotopic (exact) mass is 230 g/mol. The van der Waals surface area contributed by atoms with Gasteiger partial charge in [0.1, 0.15) is 0 Å². The van der Waals surface area contributed by atoms with Gasteiger partial charge in [0.05, 0.1) is 0 Å². The summed E-state index contributed by atoms with van der Waals surface area (Å²) in [5, 5.41) is 3.27. The van der Waals surface area contributed by atoms with E-state index in [2.05, 4.69) is 55.4 Å². The smallest absolute Gasteiger partial charge is 0.0397 e. The first-order chi connectivity index (χ1) is 8.11. The number of anilines is 1. The number of nitrogens with zero attached hydrogens (tertiary/aromatic N) is 1. The zero-order valence-electron chi connectivity index (χ0n) is 11.2. The molecule has 2 nitrogen and oxygen atoms in total. The van der Waals surface area contributed by atoms with Crippen LogP contribution in [0.1, 0.15) is 25.0 Å². The van der Waals surface area contributed by atoms with Crippen LogP contribution in [0.2, 0.25) is 0 Å². The van der Waals surface area contributed by atoms with Crippen LogP contribution in [0, 0.1) is 0 Å². The normalized spacial score (nSPS) is 17.2. The highest BCUT2D eigenvalue weighted by atomic mass is 15.1. The van der Waals surface area contributed by atoms with Gasteiger partial charge in [-0.15, -0.1) is 0 Å². The molecule has 0 fully saturated rings. The molecular weight excluding hydrogens is 208 g/mol. The van der Waals surface area contributed by atoms with Crippen LogP contribution in [0.25, 0.3) is 6.08 Å². The molecule has 0 bridgehead atoms.